The number of benzene rings is 1. The summed E-state index contributed by atoms with van der Waals surface area (Å²) in [6, 6.07) is 4.25. The molecule has 0 atom stereocenters. The Labute approximate surface area is 125 Å². The fourth-order valence-electron chi connectivity index (χ4n) is 2.40. The lowest BCUT2D eigenvalue weighted by Gasteiger charge is -2.20. The average Bonchev–Trinajstić information content (AvgIpc) is 2.48. The zero-order chi connectivity index (χ0) is 14.5. The summed E-state index contributed by atoms with van der Waals surface area (Å²) in [6.45, 7) is 0. The summed E-state index contributed by atoms with van der Waals surface area (Å²) < 4.78 is 13.4. The second-order valence-electron chi connectivity index (χ2n) is 4.90. The zero-order valence-electron chi connectivity index (χ0n) is 10.9. The largest absolute Gasteiger partial charge is 0.409 e. The minimum absolute atomic E-state index is 0.0876. The predicted molar refractivity (Wildman–Crippen MR) is 78.5 cm³/mol. The molecule has 0 unspecified atom stereocenters. The Bertz CT molecular complexity index is 528. The van der Waals surface area contributed by atoms with E-state index < -0.39 is 5.82 Å². The van der Waals surface area contributed by atoms with Crippen LogP contribution in [0, 0.1) is 11.7 Å². The highest BCUT2D eigenvalue weighted by molar-refractivity contribution is 9.10. The summed E-state index contributed by atoms with van der Waals surface area (Å²) in [5.74, 6) is -0.759. The number of rotatable bonds is 3. The van der Waals surface area contributed by atoms with Gasteiger partial charge in [-0.2, -0.15) is 0 Å². The standard InChI is InChI=1S/C14H16BrFN2O2/c15-11-8-10(6-7-12(11)16)17-14(18-20)13(19)9-4-2-1-3-5-9/h6-9,20H,1-5H2,(H,17,18). The molecule has 1 saturated carbocycles. The van der Waals surface area contributed by atoms with E-state index in [4.69, 9.17) is 5.21 Å². The maximum atomic E-state index is 13.1. The maximum absolute atomic E-state index is 13.1. The molecule has 0 aliphatic heterocycles. The molecule has 1 aliphatic carbocycles. The van der Waals surface area contributed by atoms with Gasteiger partial charge >= 0.3 is 0 Å². The normalized spacial score (nSPS) is 17.0. The van der Waals surface area contributed by atoms with E-state index in [0.717, 1.165) is 32.1 Å². The lowest BCUT2D eigenvalue weighted by molar-refractivity contribution is -0.117. The van der Waals surface area contributed by atoms with E-state index in [2.05, 4.69) is 26.4 Å². The van der Waals surface area contributed by atoms with Crippen LogP contribution < -0.4 is 5.32 Å². The van der Waals surface area contributed by atoms with Crippen LogP contribution in [0.3, 0.4) is 0 Å². The molecule has 4 nitrogen and oxygen atoms in total. The van der Waals surface area contributed by atoms with Crippen molar-refractivity contribution in [2.75, 3.05) is 5.32 Å². The average molecular weight is 343 g/mol. The van der Waals surface area contributed by atoms with Gasteiger partial charge in [0, 0.05) is 11.6 Å². The monoisotopic (exact) mass is 342 g/mol. The molecule has 108 valence electrons. The van der Waals surface area contributed by atoms with E-state index in [1.807, 2.05) is 0 Å². The summed E-state index contributed by atoms with van der Waals surface area (Å²) in [5.41, 5.74) is 0.496. The van der Waals surface area contributed by atoms with E-state index in [0.29, 0.717) is 5.69 Å². The lowest BCUT2D eigenvalue weighted by Crippen LogP contribution is -2.31. The molecule has 0 spiro atoms. The van der Waals surface area contributed by atoms with Crippen molar-refractivity contribution in [3.8, 4) is 0 Å². The van der Waals surface area contributed by atoms with E-state index in [1.165, 1.54) is 18.2 Å². The van der Waals surface area contributed by atoms with Crippen LogP contribution in [0.2, 0.25) is 0 Å². The molecule has 1 fully saturated rings. The van der Waals surface area contributed by atoms with Gasteiger partial charge in [0.15, 0.2) is 0 Å². The number of nitrogens with one attached hydrogen (secondary N) is 1. The fraction of sp³-hybridized carbons (Fsp3) is 0.429. The van der Waals surface area contributed by atoms with Crippen LogP contribution in [0.4, 0.5) is 10.1 Å². The number of anilines is 1. The summed E-state index contributed by atoms with van der Waals surface area (Å²) in [6.07, 6.45) is 4.85. The molecule has 1 aliphatic rings. The second-order valence-corrected chi connectivity index (χ2v) is 5.76. The number of amidine groups is 1. The van der Waals surface area contributed by atoms with Crippen LogP contribution in [0.25, 0.3) is 0 Å². The predicted octanol–water partition coefficient (Wildman–Crippen LogP) is 3.94. The molecule has 1 aromatic carbocycles. The van der Waals surface area contributed by atoms with Crippen LogP contribution in [0.5, 0.6) is 0 Å². The van der Waals surface area contributed by atoms with Crippen molar-refractivity contribution in [3.05, 3.63) is 28.5 Å². The Balaban J connectivity index is 2.08. The Hall–Kier alpha value is -1.43. The Morgan fingerprint density at radius 1 is 1.35 bits per heavy atom. The number of ketones is 1. The van der Waals surface area contributed by atoms with E-state index in [-0.39, 0.29) is 22.0 Å². The Morgan fingerprint density at radius 3 is 2.65 bits per heavy atom. The summed E-state index contributed by atoms with van der Waals surface area (Å²) >= 11 is 3.07. The van der Waals surface area contributed by atoms with E-state index >= 15 is 0 Å². The summed E-state index contributed by atoms with van der Waals surface area (Å²) in [5, 5.41) is 14.8. The second kappa shape index (κ2) is 6.83. The van der Waals surface area contributed by atoms with Crippen molar-refractivity contribution in [2.24, 2.45) is 11.1 Å². The minimum Gasteiger partial charge on any atom is -0.409 e. The van der Waals surface area contributed by atoms with Gasteiger partial charge in [-0.3, -0.25) is 4.79 Å². The third kappa shape index (κ3) is 3.56. The third-order valence-electron chi connectivity index (χ3n) is 3.49. The molecule has 6 heteroatoms. The van der Waals surface area contributed by atoms with E-state index in [1.54, 1.807) is 0 Å². The molecule has 2 rings (SSSR count). The van der Waals surface area contributed by atoms with Crippen molar-refractivity contribution < 1.29 is 14.4 Å². The third-order valence-corrected chi connectivity index (χ3v) is 4.10. The van der Waals surface area contributed by atoms with Gasteiger partial charge in [0.2, 0.25) is 11.6 Å². The molecule has 0 amide bonds. The topological polar surface area (TPSA) is 61.7 Å². The number of oxime groups is 1. The Morgan fingerprint density at radius 2 is 2.05 bits per heavy atom. The first kappa shape index (κ1) is 15.0. The molecule has 2 N–H and O–H groups in total. The molecular formula is C14H16BrFN2O2. The summed E-state index contributed by atoms with van der Waals surface area (Å²) in [4.78, 5) is 12.2. The first-order valence-electron chi connectivity index (χ1n) is 6.60. The van der Waals surface area contributed by atoms with Crippen molar-refractivity contribution in [1.82, 2.24) is 0 Å². The minimum atomic E-state index is -0.392. The van der Waals surface area contributed by atoms with Crippen LogP contribution in [0.15, 0.2) is 27.8 Å². The number of carbonyl (C=O) groups excluding carboxylic acids is 1. The molecule has 0 saturated heterocycles. The number of Topliss-reactive ketones (excluding diaryl/α,β-unsaturated/α-hetero) is 1. The molecule has 0 bridgehead atoms. The number of hydrogen-bond donors (Lipinski definition) is 2. The number of carbonyl (C=O) groups is 1. The highest BCUT2D eigenvalue weighted by atomic mass is 79.9. The lowest BCUT2D eigenvalue weighted by atomic mass is 9.86. The number of nitrogens with zero attached hydrogens (tertiary/aromatic N) is 1. The Kier molecular flexibility index (Phi) is 5.11. The van der Waals surface area contributed by atoms with Gasteiger partial charge in [0.05, 0.1) is 4.47 Å². The SMILES string of the molecule is O=C(/C(=N/O)Nc1ccc(F)c(Br)c1)C1CCCCC1. The van der Waals surface area contributed by atoms with Gasteiger partial charge in [-0.05, 0) is 47.0 Å². The van der Waals surface area contributed by atoms with Crippen LogP contribution >= 0.6 is 15.9 Å². The molecule has 1 aromatic rings. The molecule has 0 aromatic heterocycles. The number of hydrogen-bond acceptors (Lipinski definition) is 3. The van der Waals surface area contributed by atoms with Crippen molar-refractivity contribution in [2.45, 2.75) is 32.1 Å². The highest BCUT2D eigenvalue weighted by Gasteiger charge is 2.26. The molecular weight excluding hydrogens is 327 g/mol. The van der Waals surface area contributed by atoms with E-state index in [9.17, 15) is 9.18 Å². The van der Waals surface area contributed by atoms with Crippen molar-refractivity contribution >= 4 is 33.2 Å². The van der Waals surface area contributed by atoms with Crippen molar-refractivity contribution in [1.29, 1.82) is 0 Å². The first-order valence-corrected chi connectivity index (χ1v) is 7.39. The molecule has 20 heavy (non-hydrogen) atoms. The first-order chi connectivity index (χ1) is 9.61. The molecule has 0 heterocycles. The smallest absolute Gasteiger partial charge is 0.213 e. The van der Waals surface area contributed by atoms with Gasteiger partial charge < -0.3 is 10.5 Å². The van der Waals surface area contributed by atoms with Crippen LogP contribution in [0.1, 0.15) is 32.1 Å². The number of halogens is 2. The molecule has 0 radical (unpaired) electrons. The fourth-order valence-corrected chi connectivity index (χ4v) is 2.78. The van der Waals surface area contributed by atoms with Crippen LogP contribution in [-0.4, -0.2) is 16.8 Å². The van der Waals surface area contributed by atoms with Crippen LogP contribution in [-0.2, 0) is 4.79 Å². The van der Waals surface area contributed by atoms with Gasteiger partial charge in [-0.1, -0.05) is 24.4 Å². The van der Waals surface area contributed by atoms with Gasteiger partial charge in [-0.25, -0.2) is 4.39 Å². The quantitative estimate of drug-likeness (QED) is 0.378. The highest BCUT2D eigenvalue weighted by Crippen LogP contribution is 2.25. The van der Waals surface area contributed by atoms with Crippen molar-refractivity contribution in [3.63, 3.8) is 0 Å². The van der Waals surface area contributed by atoms with Gasteiger partial charge in [0.1, 0.15) is 5.82 Å². The zero-order valence-corrected chi connectivity index (χ0v) is 12.5. The van der Waals surface area contributed by atoms with Gasteiger partial charge in [-0.15, -0.1) is 0 Å². The maximum Gasteiger partial charge on any atom is 0.213 e. The van der Waals surface area contributed by atoms with Gasteiger partial charge in [0.25, 0.3) is 0 Å². The summed E-state index contributed by atoms with van der Waals surface area (Å²) in [7, 11) is 0.